The molecule has 26 heavy (non-hydrogen) atoms. The number of carbonyl (C=O) groups is 2. The van der Waals surface area contributed by atoms with E-state index in [1.54, 1.807) is 48.9 Å². The van der Waals surface area contributed by atoms with Crippen LogP contribution in [0.2, 0.25) is 0 Å². The van der Waals surface area contributed by atoms with Crippen LogP contribution in [0.4, 0.5) is 11.4 Å². The molecule has 0 aliphatic carbocycles. The van der Waals surface area contributed by atoms with E-state index in [2.05, 4.69) is 20.6 Å². The Labute approximate surface area is 151 Å². The van der Waals surface area contributed by atoms with Crippen molar-refractivity contribution in [2.75, 3.05) is 10.6 Å². The van der Waals surface area contributed by atoms with Gasteiger partial charge >= 0.3 is 0 Å². The number of amides is 1. The lowest BCUT2D eigenvalue weighted by molar-refractivity contribution is 0.101. The molecule has 3 aromatic rings. The average Bonchev–Trinajstić information content (AvgIpc) is 2.67. The molecule has 0 saturated carbocycles. The van der Waals surface area contributed by atoms with Crippen LogP contribution in [-0.2, 0) is 6.54 Å². The fourth-order valence-corrected chi connectivity index (χ4v) is 2.39. The summed E-state index contributed by atoms with van der Waals surface area (Å²) in [5.41, 5.74) is 3.31. The molecule has 0 radical (unpaired) electrons. The van der Waals surface area contributed by atoms with Crippen LogP contribution >= 0.6 is 0 Å². The lowest BCUT2D eigenvalue weighted by atomic mass is 10.1. The van der Waals surface area contributed by atoms with E-state index in [1.165, 1.54) is 13.1 Å². The molecule has 130 valence electrons. The Hall–Kier alpha value is -3.54. The van der Waals surface area contributed by atoms with E-state index < -0.39 is 0 Å². The fraction of sp³-hybridized carbons (Fsp3) is 0.100. The first-order valence-electron chi connectivity index (χ1n) is 8.12. The number of hydrogen-bond acceptors (Lipinski definition) is 5. The van der Waals surface area contributed by atoms with E-state index in [1.807, 2.05) is 12.1 Å². The van der Waals surface area contributed by atoms with E-state index >= 15 is 0 Å². The highest BCUT2D eigenvalue weighted by Gasteiger charge is 2.09. The Balaban J connectivity index is 1.68. The molecule has 1 aromatic carbocycles. The molecule has 0 aliphatic rings. The maximum Gasteiger partial charge on any atom is 0.257 e. The van der Waals surface area contributed by atoms with Crippen molar-refractivity contribution in [2.45, 2.75) is 13.5 Å². The van der Waals surface area contributed by atoms with Gasteiger partial charge in [-0.05, 0) is 36.8 Å². The van der Waals surface area contributed by atoms with E-state index in [0.29, 0.717) is 23.4 Å². The van der Waals surface area contributed by atoms with Gasteiger partial charge in [-0.15, -0.1) is 0 Å². The fourth-order valence-electron chi connectivity index (χ4n) is 2.39. The van der Waals surface area contributed by atoms with Crippen molar-refractivity contribution in [2.24, 2.45) is 0 Å². The zero-order valence-electron chi connectivity index (χ0n) is 14.3. The molecule has 2 N–H and O–H groups in total. The van der Waals surface area contributed by atoms with Crippen molar-refractivity contribution in [3.63, 3.8) is 0 Å². The number of benzene rings is 1. The van der Waals surface area contributed by atoms with Crippen molar-refractivity contribution in [1.29, 1.82) is 0 Å². The SMILES string of the molecule is CC(=O)c1cccc(NC(=O)c2cncc(NCc3cccnc3)c2)c1. The van der Waals surface area contributed by atoms with Crippen LogP contribution in [0.1, 0.15) is 33.2 Å². The van der Waals surface area contributed by atoms with E-state index in [9.17, 15) is 9.59 Å². The average molecular weight is 346 g/mol. The van der Waals surface area contributed by atoms with Crippen molar-refractivity contribution >= 4 is 23.1 Å². The van der Waals surface area contributed by atoms with Crippen LogP contribution in [0.25, 0.3) is 0 Å². The molecule has 0 atom stereocenters. The van der Waals surface area contributed by atoms with Gasteiger partial charge < -0.3 is 10.6 Å². The van der Waals surface area contributed by atoms with Gasteiger partial charge in [0.05, 0.1) is 11.3 Å². The van der Waals surface area contributed by atoms with Gasteiger partial charge in [-0.1, -0.05) is 18.2 Å². The molecule has 6 nitrogen and oxygen atoms in total. The number of carbonyl (C=O) groups excluding carboxylic acids is 2. The van der Waals surface area contributed by atoms with Crippen LogP contribution in [0.15, 0.2) is 67.3 Å². The van der Waals surface area contributed by atoms with Crippen molar-refractivity contribution in [3.05, 3.63) is 83.9 Å². The molecule has 0 bridgehead atoms. The van der Waals surface area contributed by atoms with Crippen molar-refractivity contribution in [1.82, 2.24) is 9.97 Å². The molecular weight excluding hydrogens is 328 g/mol. The smallest absolute Gasteiger partial charge is 0.257 e. The first-order chi connectivity index (χ1) is 12.6. The summed E-state index contributed by atoms with van der Waals surface area (Å²) in [6.45, 7) is 2.07. The van der Waals surface area contributed by atoms with E-state index in [4.69, 9.17) is 0 Å². The quantitative estimate of drug-likeness (QED) is 0.667. The molecule has 0 aliphatic heterocycles. The minimum Gasteiger partial charge on any atom is -0.380 e. The molecule has 0 saturated heterocycles. The number of rotatable bonds is 6. The maximum atomic E-state index is 12.4. The summed E-state index contributed by atoms with van der Waals surface area (Å²) >= 11 is 0. The molecule has 2 aromatic heterocycles. The molecule has 0 spiro atoms. The Kier molecular flexibility index (Phi) is 5.34. The van der Waals surface area contributed by atoms with Crippen LogP contribution in [0.3, 0.4) is 0 Å². The van der Waals surface area contributed by atoms with Gasteiger partial charge in [0.1, 0.15) is 0 Å². The standard InChI is InChI=1S/C20H18N4O2/c1-14(25)16-5-2-6-18(8-16)24-20(26)17-9-19(13-22-12-17)23-11-15-4-3-7-21-10-15/h2-10,12-13,23H,11H2,1H3,(H,24,26). The number of aromatic nitrogens is 2. The Morgan fingerprint density at radius 3 is 2.54 bits per heavy atom. The second kappa shape index (κ2) is 8.02. The predicted molar refractivity (Wildman–Crippen MR) is 100 cm³/mol. The lowest BCUT2D eigenvalue weighted by Gasteiger charge is -2.09. The summed E-state index contributed by atoms with van der Waals surface area (Å²) < 4.78 is 0. The van der Waals surface area contributed by atoms with Crippen LogP contribution in [-0.4, -0.2) is 21.7 Å². The minimum atomic E-state index is -0.289. The molecule has 2 heterocycles. The number of hydrogen-bond donors (Lipinski definition) is 2. The summed E-state index contributed by atoms with van der Waals surface area (Å²) in [5.74, 6) is -0.340. The summed E-state index contributed by atoms with van der Waals surface area (Å²) in [6, 6.07) is 12.4. The number of Topliss-reactive ketones (excluding diaryl/α,β-unsaturated/α-hetero) is 1. The van der Waals surface area contributed by atoms with Gasteiger partial charge in [0.25, 0.3) is 5.91 Å². The third-order valence-corrected chi connectivity index (χ3v) is 3.75. The highest BCUT2D eigenvalue weighted by atomic mass is 16.1. The lowest BCUT2D eigenvalue weighted by Crippen LogP contribution is -2.13. The Morgan fingerprint density at radius 2 is 1.77 bits per heavy atom. The van der Waals surface area contributed by atoms with Gasteiger partial charge in [-0.2, -0.15) is 0 Å². The minimum absolute atomic E-state index is 0.0515. The molecule has 6 heteroatoms. The second-order valence-corrected chi connectivity index (χ2v) is 5.77. The second-order valence-electron chi connectivity index (χ2n) is 5.77. The zero-order valence-corrected chi connectivity index (χ0v) is 14.3. The number of pyridine rings is 2. The van der Waals surface area contributed by atoms with Crippen LogP contribution < -0.4 is 10.6 Å². The Morgan fingerprint density at radius 1 is 0.923 bits per heavy atom. The van der Waals surface area contributed by atoms with Gasteiger partial charge in [-0.25, -0.2) is 0 Å². The maximum absolute atomic E-state index is 12.4. The topological polar surface area (TPSA) is 84.0 Å². The molecule has 3 rings (SSSR count). The third kappa shape index (κ3) is 4.51. The van der Waals surface area contributed by atoms with Crippen LogP contribution in [0.5, 0.6) is 0 Å². The van der Waals surface area contributed by atoms with Crippen molar-refractivity contribution < 1.29 is 9.59 Å². The molecule has 0 unspecified atom stereocenters. The normalized spacial score (nSPS) is 10.2. The summed E-state index contributed by atoms with van der Waals surface area (Å²) in [7, 11) is 0. The summed E-state index contributed by atoms with van der Waals surface area (Å²) in [6.07, 6.45) is 6.65. The first kappa shape index (κ1) is 17.3. The highest BCUT2D eigenvalue weighted by molar-refractivity contribution is 6.05. The zero-order chi connectivity index (χ0) is 18.4. The number of nitrogens with one attached hydrogen (secondary N) is 2. The third-order valence-electron chi connectivity index (χ3n) is 3.75. The summed E-state index contributed by atoms with van der Waals surface area (Å²) in [5, 5.41) is 6.00. The van der Waals surface area contributed by atoms with Crippen molar-refractivity contribution in [3.8, 4) is 0 Å². The molecule has 1 amide bonds. The van der Waals surface area contributed by atoms with Crippen LogP contribution in [0, 0.1) is 0 Å². The predicted octanol–water partition coefficient (Wildman–Crippen LogP) is 3.54. The molecular formula is C20H18N4O2. The van der Waals surface area contributed by atoms with Gasteiger partial charge in [-0.3, -0.25) is 19.6 Å². The van der Waals surface area contributed by atoms with Gasteiger partial charge in [0.2, 0.25) is 0 Å². The number of ketones is 1. The number of nitrogens with zero attached hydrogens (tertiary/aromatic N) is 2. The highest BCUT2D eigenvalue weighted by Crippen LogP contribution is 2.15. The largest absolute Gasteiger partial charge is 0.380 e. The monoisotopic (exact) mass is 346 g/mol. The Bertz CT molecular complexity index is 926. The molecule has 0 fully saturated rings. The van der Waals surface area contributed by atoms with Gasteiger partial charge in [0.15, 0.2) is 5.78 Å². The first-order valence-corrected chi connectivity index (χ1v) is 8.12. The van der Waals surface area contributed by atoms with Gasteiger partial charge in [0, 0.05) is 42.6 Å². The number of anilines is 2. The van der Waals surface area contributed by atoms with E-state index in [0.717, 1.165) is 11.3 Å². The summed E-state index contributed by atoms with van der Waals surface area (Å²) in [4.78, 5) is 32.1. The van der Waals surface area contributed by atoms with E-state index in [-0.39, 0.29) is 11.7 Å².